The summed E-state index contributed by atoms with van der Waals surface area (Å²) >= 11 is 0. The number of nitrogens with zero attached hydrogens (tertiary/aromatic N) is 1. The fraction of sp³-hybridized carbons (Fsp3) is 0.387. The summed E-state index contributed by atoms with van der Waals surface area (Å²) in [6.45, 7) is 7.84. The van der Waals surface area contributed by atoms with Crippen LogP contribution in [0.15, 0.2) is 65.1 Å². The summed E-state index contributed by atoms with van der Waals surface area (Å²) < 4.78 is 18.5. The van der Waals surface area contributed by atoms with Crippen molar-refractivity contribution >= 4 is 28.0 Å². The second-order valence-electron chi connectivity index (χ2n) is 11.5. The Morgan fingerprint density at radius 1 is 1.03 bits per heavy atom. The standard InChI is InChI=1S/C31H32N2O4/c1-31(2)18-35-26-16-20(21-7-5-8-23-22-6-3-4-9-25(22)36-28(21)23)10-11-24(26)29(31)32-30(34)37-27-17-33-14-12-19(27)13-15-33/h3-11,16,19,27,29H,12-15,17-18H2,1-2H3,(H,32,34)/t27-,29?/m0/s1. The first-order valence-electron chi connectivity index (χ1n) is 13.3. The van der Waals surface area contributed by atoms with Gasteiger partial charge in [0.2, 0.25) is 0 Å². The normalized spacial score (nSPS) is 26.0. The van der Waals surface area contributed by atoms with Crippen molar-refractivity contribution in [3.8, 4) is 16.9 Å². The van der Waals surface area contributed by atoms with Gasteiger partial charge in [-0.05, 0) is 49.5 Å². The van der Waals surface area contributed by atoms with Crippen molar-refractivity contribution in [3.05, 3.63) is 66.2 Å². The maximum absolute atomic E-state index is 13.1. The molecule has 6 nitrogen and oxygen atoms in total. The lowest BCUT2D eigenvalue weighted by molar-refractivity contribution is -0.0361. The average molecular weight is 497 g/mol. The number of carbonyl (C=O) groups is 1. The van der Waals surface area contributed by atoms with Crippen molar-refractivity contribution in [2.75, 3.05) is 26.2 Å². The largest absolute Gasteiger partial charge is 0.493 e. The molecule has 0 radical (unpaired) electrons. The maximum atomic E-state index is 13.1. The van der Waals surface area contributed by atoms with Gasteiger partial charge < -0.3 is 19.2 Å². The molecule has 37 heavy (non-hydrogen) atoms. The molecule has 5 heterocycles. The molecule has 0 spiro atoms. The van der Waals surface area contributed by atoms with Gasteiger partial charge in [0.1, 0.15) is 23.0 Å². The van der Waals surface area contributed by atoms with E-state index in [0.29, 0.717) is 12.5 Å². The van der Waals surface area contributed by atoms with Crippen LogP contribution in [-0.2, 0) is 4.74 Å². The molecule has 0 saturated carbocycles. The monoisotopic (exact) mass is 496 g/mol. The Bertz CT molecular complexity index is 1500. The van der Waals surface area contributed by atoms with Crippen LogP contribution in [0.2, 0.25) is 0 Å². The molecule has 3 aromatic carbocycles. The van der Waals surface area contributed by atoms with Crippen molar-refractivity contribution < 1.29 is 18.7 Å². The first-order chi connectivity index (χ1) is 18.0. The number of carbonyl (C=O) groups excluding carboxylic acids is 1. The number of benzene rings is 3. The molecule has 2 atom stereocenters. The van der Waals surface area contributed by atoms with E-state index in [1.54, 1.807) is 0 Å². The number of amides is 1. The molecule has 3 saturated heterocycles. The molecule has 4 aromatic rings. The number of furan rings is 1. The van der Waals surface area contributed by atoms with Crippen LogP contribution in [0, 0.1) is 11.3 Å². The summed E-state index contributed by atoms with van der Waals surface area (Å²) in [7, 11) is 0. The first kappa shape index (κ1) is 22.7. The number of piperidine rings is 3. The van der Waals surface area contributed by atoms with Crippen LogP contribution in [0.1, 0.15) is 38.3 Å². The minimum atomic E-state index is -0.333. The molecule has 6 heteroatoms. The summed E-state index contributed by atoms with van der Waals surface area (Å²) in [5, 5.41) is 5.41. The number of para-hydroxylation sites is 2. The van der Waals surface area contributed by atoms with Gasteiger partial charge in [-0.2, -0.15) is 0 Å². The summed E-state index contributed by atoms with van der Waals surface area (Å²) in [6, 6.07) is 20.4. The maximum Gasteiger partial charge on any atom is 0.407 e. The van der Waals surface area contributed by atoms with E-state index in [-0.39, 0.29) is 23.7 Å². The van der Waals surface area contributed by atoms with Crippen LogP contribution in [0.3, 0.4) is 0 Å². The van der Waals surface area contributed by atoms with Gasteiger partial charge in [-0.1, -0.05) is 62.4 Å². The van der Waals surface area contributed by atoms with E-state index in [0.717, 1.165) is 76.9 Å². The lowest BCUT2D eigenvalue weighted by atomic mass is 9.78. The predicted octanol–water partition coefficient (Wildman–Crippen LogP) is 6.53. The third-order valence-electron chi connectivity index (χ3n) is 8.54. The molecule has 1 amide bonds. The van der Waals surface area contributed by atoms with Gasteiger partial charge in [0, 0.05) is 33.9 Å². The van der Waals surface area contributed by atoms with Crippen LogP contribution in [-0.4, -0.2) is 43.3 Å². The minimum Gasteiger partial charge on any atom is -0.493 e. The number of rotatable bonds is 3. The highest BCUT2D eigenvalue weighted by Gasteiger charge is 2.41. The zero-order chi connectivity index (χ0) is 25.1. The third kappa shape index (κ3) is 3.86. The van der Waals surface area contributed by atoms with Crippen LogP contribution in [0.25, 0.3) is 33.1 Å². The second kappa shape index (κ2) is 8.52. The second-order valence-corrected chi connectivity index (χ2v) is 11.5. The van der Waals surface area contributed by atoms with E-state index in [9.17, 15) is 4.79 Å². The SMILES string of the molecule is CC1(C)COc2cc(-c3cccc4c3oc3ccccc34)ccc2C1NC(=O)O[C@H]1CN2CCC1CC2. The van der Waals surface area contributed by atoms with Gasteiger partial charge in [0.05, 0.1) is 12.6 Å². The zero-order valence-corrected chi connectivity index (χ0v) is 21.3. The fourth-order valence-corrected chi connectivity index (χ4v) is 6.41. The number of alkyl carbamates (subject to hydrolysis) is 1. The molecular weight excluding hydrogens is 464 g/mol. The highest BCUT2D eigenvalue weighted by Crippen LogP contribution is 2.45. The van der Waals surface area contributed by atoms with Crippen molar-refractivity contribution in [1.29, 1.82) is 0 Å². The number of fused-ring (bicyclic) bond motifs is 7. The van der Waals surface area contributed by atoms with E-state index in [2.05, 4.69) is 66.5 Å². The minimum absolute atomic E-state index is 0.0170. The van der Waals surface area contributed by atoms with E-state index in [1.807, 2.05) is 18.2 Å². The Hall–Kier alpha value is -3.51. The van der Waals surface area contributed by atoms with Crippen LogP contribution >= 0.6 is 0 Å². The van der Waals surface area contributed by atoms with E-state index in [1.165, 1.54) is 0 Å². The van der Waals surface area contributed by atoms with Crippen LogP contribution < -0.4 is 10.1 Å². The highest BCUT2D eigenvalue weighted by molar-refractivity contribution is 6.09. The van der Waals surface area contributed by atoms with Gasteiger partial charge >= 0.3 is 6.09 Å². The quantitative estimate of drug-likeness (QED) is 0.349. The lowest BCUT2D eigenvalue weighted by Gasteiger charge is -2.44. The van der Waals surface area contributed by atoms with Gasteiger partial charge in [0.15, 0.2) is 0 Å². The Kier molecular flexibility index (Phi) is 5.22. The molecule has 1 aromatic heterocycles. The molecule has 4 aliphatic heterocycles. The molecule has 3 fully saturated rings. The van der Waals surface area contributed by atoms with Crippen molar-refractivity contribution in [2.45, 2.75) is 38.8 Å². The molecule has 190 valence electrons. The molecule has 2 bridgehead atoms. The Labute approximate surface area is 216 Å². The van der Waals surface area contributed by atoms with Gasteiger partial charge in [-0.3, -0.25) is 4.90 Å². The molecule has 1 unspecified atom stereocenters. The Balaban J connectivity index is 1.19. The fourth-order valence-electron chi connectivity index (χ4n) is 6.41. The smallest absolute Gasteiger partial charge is 0.407 e. The van der Waals surface area contributed by atoms with E-state index >= 15 is 0 Å². The number of hydrogen-bond acceptors (Lipinski definition) is 5. The Morgan fingerprint density at radius 2 is 1.84 bits per heavy atom. The number of hydrogen-bond donors (Lipinski definition) is 1. The lowest BCUT2D eigenvalue weighted by Crippen LogP contribution is -2.53. The molecular formula is C31H32N2O4. The van der Waals surface area contributed by atoms with Crippen LogP contribution in [0.5, 0.6) is 5.75 Å². The molecule has 4 aliphatic rings. The molecule has 1 N–H and O–H groups in total. The van der Waals surface area contributed by atoms with E-state index in [4.69, 9.17) is 13.9 Å². The summed E-state index contributed by atoms with van der Waals surface area (Å²) in [4.78, 5) is 15.5. The van der Waals surface area contributed by atoms with Crippen molar-refractivity contribution in [1.82, 2.24) is 10.2 Å². The molecule has 8 rings (SSSR count). The van der Waals surface area contributed by atoms with Crippen LogP contribution in [0.4, 0.5) is 4.79 Å². The third-order valence-corrected chi connectivity index (χ3v) is 8.54. The van der Waals surface area contributed by atoms with Gasteiger partial charge in [0.25, 0.3) is 0 Å². The topological polar surface area (TPSA) is 63.9 Å². The summed E-state index contributed by atoms with van der Waals surface area (Å²) in [5.41, 5.74) is 4.50. The predicted molar refractivity (Wildman–Crippen MR) is 144 cm³/mol. The van der Waals surface area contributed by atoms with Gasteiger partial charge in [-0.15, -0.1) is 0 Å². The Morgan fingerprint density at radius 3 is 2.65 bits per heavy atom. The number of nitrogens with one attached hydrogen (secondary N) is 1. The van der Waals surface area contributed by atoms with Crippen molar-refractivity contribution in [2.24, 2.45) is 11.3 Å². The average Bonchev–Trinajstić information content (AvgIpc) is 3.30. The summed E-state index contributed by atoms with van der Waals surface area (Å²) in [6.07, 6.45) is 1.88. The highest BCUT2D eigenvalue weighted by atomic mass is 16.6. The molecule has 0 aliphatic carbocycles. The summed E-state index contributed by atoms with van der Waals surface area (Å²) in [5.74, 6) is 1.27. The zero-order valence-electron chi connectivity index (χ0n) is 21.3. The first-order valence-corrected chi connectivity index (χ1v) is 13.3. The van der Waals surface area contributed by atoms with Gasteiger partial charge in [-0.25, -0.2) is 4.79 Å². The number of ether oxygens (including phenoxy) is 2. The van der Waals surface area contributed by atoms with E-state index < -0.39 is 0 Å². The van der Waals surface area contributed by atoms with Crippen molar-refractivity contribution in [3.63, 3.8) is 0 Å².